The van der Waals surface area contributed by atoms with Crippen molar-refractivity contribution in [1.29, 1.82) is 0 Å². The van der Waals surface area contributed by atoms with Crippen molar-refractivity contribution < 1.29 is 4.74 Å². The van der Waals surface area contributed by atoms with Crippen LogP contribution in [0.1, 0.15) is 18.5 Å². The summed E-state index contributed by atoms with van der Waals surface area (Å²) < 4.78 is 7.08. The molecule has 0 radical (unpaired) electrons. The van der Waals surface area contributed by atoms with Crippen molar-refractivity contribution >= 4 is 11.5 Å². The molecule has 1 atom stereocenters. The van der Waals surface area contributed by atoms with Crippen LogP contribution in [-0.2, 0) is 4.74 Å². The van der Waals surface area contributed by atoms with Crippen LogP contribution in [0.15, 0.2) is 29.5 Å². The minimum atomic E-state index is 0.146. The van der Waals surface area contributed by atoms with E-state index < -0.39 is 0 Å². The van der Waals surface area contributed by atoms with E-state index in [4.69, 9.17) is 10.5 Å². The summed E-state index contributed by atoms with van der Waals surface area (Å²) in [4.78, 5) is 8.74. The van der Waals surface area contributed by atoms with Crippen molar-refractivity contribution in [3.8, 4) is 0 Å². The molecule has 0 spiro atoms. The van der Waals surface area contributed by atoms with Crippen LogP contribution in [0.4, 0.5) is 0 Å². The van der Waals surface area contributed by atoms with Gasteiger partial charge in [0.15, 0.2) is 5.65 Å². The number of hydrogen-bond donors (Lipinski definition) is 1. The molecule has 94 valence electrons. The molecule has 0 bridgehead atoms. The van der Waals surface area contributed by atoms with Crippen molar-refractivity contribution in [3.63, 3.8) is 0 Å². The predicted molar refractivity (Wildman–Crippen MR) is 67.6 cm³/mol. The molecule has 6 heteroatoms. The monoisotopic (exact) mass is 245 g/mol. The number of amidine groups is 1. The minimum Gasteiger partial charge on any atom is -0.382 e. The second-order valence-electron chi connectivity index (χ2n) is 4.32. The summed E-state index contributed by atoms with van der Waals surface area (Å²) in [6.45, 7) is 1.47. The Morgan fingerprint density at radius 3 is 3.33 bits per heavy atom. The number of nitrogens with two attached hydrogens (primary N) is 1. The van der Waals surface area contributed by atoms with E-state index >= 15 is 0 Å². The molecule has 0 aromatic carbocycles. The van der Waals surface area contributed by atoms with Gasteiger partial charge in [0.2, 0.25) is 0 Å². The Balaban J connectivity index is 1.91. The lowest BCUT2D eigenvalue weighted by atomic mass is 10.1. The largest absolute Gasteiger partial charge is 0.382 e. The molecule has 2 N–H and O–H groups in total. The highest BCUT2D eigenvalue weighted by atomic mass is 16.5. The molecule has 2 aromatic heterocycles. The number of aromatic nitrogens is 3. The third-order valence-corrected chi connectivity index (χ3v) is 3.00. The Labute approximate surface area is 104 Å². The number of aliphatic imine (C=N–C) groups is 1. The number of imidazole rings is 1. The zero-order chi connectivity index (χ0) is 12.4. The third kappa shape index (κ3) is 2.06. The van der Waals surface area contributed by atoms with Crippen LogP contribution in [0, 0.1) is 0 Å². The van der Waals surface area contributed by atoms with Gasteiger partial charge < -0.3 is 10.5 Å². The van der Waals surface area contributed by atoms with E-state index in [2.05, 4.69) is 15.1 Å². The molecular formula is C12H15N5O. The molecule has 0 unspecified atom stereocenters. The summed E-state index contributed by atoms with van der Waals surface area (Å²) in [6, 6.07) is 3.87. The molecular weight excluding hydrogens is 230 g/mol. The topological polar surface area (TPSA) is 77.8 Å². The van der Waals surface area contributed by atoms with Crippen molar-refractivity contribution in [2.45, 2.75) is 18.9 Å². The van der Waals surface area contributed by atoms with Gasteiger partial charge in [0.05, 0.1) is 18.8 Å². The summed E-state index contributed by atoms with van der Waals surface area (Å²) in [7, 11) is 0. The Hall–Kier alpha value is -1.95. The molecule has 1 aliphatic heterocycles. The smallest absolute Gasteiger partial charge is 0.154 e. The van der Waals surface area contributed by atoms with Crippen LogP contribution in [0.25, 0.3) is 5.65 Å². The zero-order valence-electron chi connectivity index (χ0n) is 9.99. The van der Waals surface area contributed by atoms with Crippen LogP contribution in [-0.4, -0.2) is 39.7 Å². The zero-order valence-corrected chi connectivity index (χ0v) is 9.99. The number of hydrogen-bond acceptors (Lipinski definition) is 4. The highest BCUT2D eigenvalue weighted by Gasteiger charge is 2.15. The Bertz CT molecular complexity index is 571. The van der Waals surface area contributed by atoms with E-state index in [0.717, 1.165) is 30.8 Å². The highest BCUT2D eigenvalue weighted by Crippen LogP contribution is 2.11. The summed E-state index contributed by atoms with van der Waals surface area (Å²) >= 11 is 0. The quantitative estimate of drug-likeness (QED) is 0.621. The molecule has 3 rings (SSSR count). The lowest BCUT2D eigenvalue weighted by Gasteiger charge is -2.18. The van der Waals surface area contributed by atoms with E-state index in [1.807, 2.05) is 12.1 Å². The van der Waals surface area contributed by atoms with Gasteiger partial charge in [-0.25, -0.2) is 9.50 Å². The van der Waals surface area contributed by atoms with Crippen molar-refractivity contribution in [2.24, 2.45) is 10.7 Å². The first-order valence-electron chi connectivity index (χ1n) is 6.05. The molecule has 1 saturated heterocycles. The van der Waals surface area contributed by atoms with Gasteiger partial charge in [0.1, 0.15) is 11.5 Å². The van der Waals surface area contributed by atoms with Gasteiger partial charge in [0.25, 0.3) is 0 Å². The van der Waals surface area contributed by atoms with E-state index in [-0.39, 0.29) is 6.04 Å². The average molecular weight is 245 g/mol. The maximum Gasteiger partial charge on any atom is 0.154 e. The van der Waals surface area contributed by atoms with Crippen LogP contribution in [0.3, 0.4) is 0 Å². The third-order valence-electron chi connectivity index (χ3n) is 3.00. The molecule has 2 aromatic rings. The van der Waals surface area contributed by atoms with E-state index in [1.54, 1.807) is 16.9 Å². The van der Waals surface area contributed by atoms with Gasteiger partial charge in [0, 0.05) is 12.8 Å². The predicted octanol–water partition coefficient (Wildman–Crippen LogP) is 0.614. The lowest BCUT2D eigenvalue weighted by molar-refractivity contribution is 0.0828. The fourth-order valence-corrected chi connectivity index (χ4v) is 2.09. The SMILES string of the molecule is NC(=N[C@@H]1CCCOC1)c1cnc2cccnn12. The van der Waals surface area contributed by atoms with Crippen LogP contribution < -0.4 is 5.73 Å². The van der Waals surface area contributed by atoms with Gasteiger partial charge in [-0.1, -0.05) is 0 Å². The fourth-order valence-electron chi connectivity index (χ4n) is 2.09. The van der Waals surface area contributed by atoms with E-state index in [9.17, 15) is 0 Å². The molecule has 1 fully saturated rings. The first-order valence-corrected chi connectivity index (χ1v) is 6.05. The molecule has 6 nitrogen and oxygen atoms in total. The summed E-state index contributed by atoms with van der Waals surface area (Å²) in [5, 5.41) is 4.22. The van der Waals surface area contributed by atoms with Gasteiger partial charge in [-0.2, -0.15) is 5.10 Å². The van der Waals surface area contributed by atoms with Crippen molar-refractivity contribution in [3.05, 3.63) is 30.2 Å². The van der Waals surface area contributed by atoms with Crippen molar-refractivity contribution in [2.75, 3.05) is 13.2 Å². The first-order chi connectivity index (χ1) is 8.84. The molecule has 0 amide bonds. The van der Waals surface area contributed by atoms with Crippen LogP contribution >= 0.6 is 0 Å². The molecule has 18 heavy (non-hydrogen) atoms. The normalized spacial score (nSPS) is 21.3. The molecule has 0 aliphatic carbocycles. The fraction of sp³-hybridized carbons (Fsp3) is 0.417. The second-order valence-corrected chi connectivity index (χ2v) is 4.32. The maximum absolute atomic E-state index is 6.03. The lowest BCUT2D eigenvalue weighted by Crippen LogP contribution is -2.26. The van der Waals surface area contributed by atoms with Gasteiger partial charge >= 0.3 is 0 Å². The first kappa shape index (κ1) is 11.2. The number of ether oxygens (including phenoxy) is 1. The summed E-state index contributed by atoms with van der Waals surface area (Å²) in [6.07, 6.45) is 5.46. The Kier molecular flexibility index (Phi) is 2.93. The van der Waals surface area contributed by atoms with Gasteiger partial charge in [-0.3, -0.25) is 4.99 Å². The highest BCUT2D eigenvalue weighted by molar-refractivity contribution is 5.96. The number of fused-ring (bicyclic) bond motifs is 1. The van der Waals surface area contributed by atoms with Crippen molar-refractivity contribution in [1.82, 2.24) is 14.6 Å². The maximum atomic E-state index is 6.03. The average Bonchev–Trinajstić information content (AvgIpc) is 2.84. The van der Waals surface area contributed by atoms with Crippen LogP contribution in [0.5, 0.6) is 0 Å². The number of rotatable bonds is 2. The van der Waals surface area contributed by atoms with E-state index in [1.165, 1.54) is 0 Å². The summed E-state index contributed by atoms with van der Waals surface area (Å²) in [5.74, 6) is 0.469. The van der Waals surface area contributed by atoms with Gasteiger partial charge in [-0.05, 0) is 25.0 Å². The summed E-state index contributed by atoms with van der Waals surface area (Å²) in [5.41, 5.74) is 7.53. The second kappa shape index (κ2) is 4.73. The van der Waals surface area contributed by atoms with E-state index in [0.29, 0.717) is 12.4 Å². The standard InChI is InChI=1S/C12H15N5O/c13-12(16-9-3-2-6-18-8-9)10-7-14-11-4-1-5-15-17(10)11/h1,4-5,7,9H,2-3,6,8H2,(H2,13,16)/t9-/m1/s1. The van der Waals surface area contributed by atoms with Crippen LogP contribution in [0.2, 0.25) is 0 Å². The molecule has 0 saturated carbocycles. The Morgan fingerprint density at radius 1 is 1.56 bits per heavy atom. The minimum absolute atomic E-state index is 0.146. The Morgan fingerprint density at radius 2 is 2.50 bits per heavy atom. The molecule has 3 heterocycles. The van der Waals surface area contributed by atoms with Gasteiger partial charge in [-0.15, -0.1) is 0 Å². The molecule has 1 aliphatic rings. The number of nitrogens with zero attached hydrogens (tertiary/aromatic N) is 4.